The number of pyridine rings is 1. The van der Waals surface area contributed by atoms with Gasteiger partial charge in [0.05, 0.1) is 12.2 Å². The van der Waals surface area contributed by atoms with Gasteiger partial charge in [0.25, 0.3) is 0 Å². The zero-order chi connectivity index (χ0) is 24.9. The highest BCUT2D eigenvalue weighted by atomic mass is 16.4. The molecule has 1 saturated heterocycles. The first kappa shape index (κ1) is 23.6. The van der Waals surface area contributed by atoms with Crippen molar-refractivity contribution in [2.24, 2.45) is 0 Å². The number of nitrogens with zero attached hydrogens (tertiary/aromatic N) is 7. The van der Waals surface area contributed by atoms with Crippen molar-refractivity contribution in [1.29, 1.82) is 0 Å². The molecule has 184 valence electrons. The van der Waals surface area contributed by atoms with Gasteiger partial charge in [-0.3, -0.25) is 19.4 Å². The van der Waals surface area contributed by atoms with Gasteiger partial charge in [-0.2, -0.15) is 5.10 Å². The van der Waals surface area contributed by atoms with Gasteiger partial charge in [0.2, 0.25) is 0 Å². The number of aromatic nitrogens is 5. The van der Waals surface area contributed by atoms with E-state index in [1.807, 2.05) is 40.2 Å². The lowest BCUT2D eigenvalue weighted by atomic mass is 10.1. The lowest BCUT2D eigenvalue weighted by Crippen LogP contribution is -2.47. The van der Waals surface area contributed by atoms with Crippen LogP contribution >= 0.6 is 0 Å². The highest BCUT2D eigenvalue weighted by Gasteiger charge is 2.19. The van der Waals surface area contributed by atoms with E-state index in [2.05, 4.69) is 46.1 Å². The van der Waals surface area contributed by atoms with Gasteiger partial charge < -0.3 is 10.0 Å². The van der Waals surface area contributed by atoms with Crippen molar-refractivity contribution in [1.82, 2.24) is 29.6 Å². The van der Waals surface area contributed by atoms with Crippen molar-refractivity contribution in [3.05, 3.63) is 78.6 Å². The molecule has 5 rings (SSSR count). The standard InChI is InChI=1S/C27H29N7O2/c1-2-34-18-23(27(31-34)21-4-3-10-28-17-21)24-9-11-29-25(30-24)16-20-5-7-22(8-6-20)33-14-12-32(13-15-33)19-26(35)36/h3-11,17-18H,2,12-16,19H2,1H3,(H,35,36). The Morgan fingerprint density at radius 1 is 1.03 bits per heavy atom. The molecule has 4 heterocycles. The first-order valence-corrected chi connectivity index (χ1v) is 12.2. The van der Waals surface area contributed by atoms with Crippen LogP contribution in [0.1, 0.15) is 18.3 Å². The van der Waals surface area contributed by atoms with Crippen LogP contribution < -0.4 is 4.90 Å². The molecule has 36 heavy (non-hydrogen) atoms. The molecule has 9 heteroatoms. The van der Waals surface area contributed by atoms with E-state index in [0.29, 0.717) is 6.42 Å². The molecule has 0 saturated carbocycles. The van der Waals surface area contributed by atoms with Crippen molar-refractivity contribution in [2.75, 3.05) is 37.6 Å². The molecule has 1 fully saturated rings. The van der Waals surface area contributed by atoms with Gasteiger partial charge in [-0.15, -0.1) is 0 Å². The minimum Gasteiger partial charge on any atom is -0.480 e. The molecule has 1 N–H and O–H groups in total. The Balaban J connectivity index is 1.30. The second kappa shape index (κ2) is 10.7. The van der Waals surface area contributed by atoms with Crippen LogP contribution in [-0.4, -0.2) is 73.4 Å². The third-order valence-electron chi connectivity index (χ3n) is 6.40. The maximum atomic E-state index is 10.9. The molecule has 3 aromatic heterocycles. The van der Waals surface area contributed by atoms with Crippen molar-refractivity contribution < 1.29 is 9.90 Å². The zero-order valence-corrected chi connectivity index (χ0v) is 20.3. The smallest absolute Gasteiger partial charge is 0.317 e. The second-order valence-corrected chi connectivity index (χ2v) is 8.85. The normalized spacial score (nSPS) is 14.2. The highest BCUT2D eigenvalue weighted by Crippen LogP contribution is 2.29. The topological polar surface area (TPSA) is 100 Å². The number of benzene rings is 1. The Morgan fingerprint density at radius 3 is 2.53 bits per heavy atom. The lowest BCUT2D eigenvalue weighted by Gasteiger charge is -2.35. The monoisotopic (exact) mass is 483 g/mol. The van der Waals surface area contributed by atoms with Crippen LogP contribution in [0.2, 0.25) is 0 Å². The second-order valence-electron chi connectivity index (χ2n) is 8.85. The summed E-state index contributed by atoms with van der Waals surface area (Å²) in [5.74, 6) is -0.0181. The average Bonchev–Trinajstić information content (AvgIpc) is 3.35. The predicted molar refractivity (Wildman–Crippen MR) is 138 cm³/mol. The molecule has 0 amide bonds. The van der Waals surface area contributed by atoms with E-state index in [0.717, 1.165) is 72.3 Å². The van der Waals surface area contributed by atoms with E-state index >= 15 is 0 Å². The molecular weight excluding hydrogens is 454 g/mol. The molecule has 0 unspecified atom stereocenters. The number of piperazine rings is 1. The lowest BCUT2D eigenvalue weighted by molar-refractivity contribution is -0.138. The minimum absolute atomic E-state index is 0.106. The third-order valence-corrected chi connectivity index (χ3v) is 6.40. The number of rotatable bonds is 8. The number of hydrogen-bond acceptors (Lipinski definition) is 7. The maximum Gasteiger partial charge on any atom is 0.317 e. The summed E-state index contributed by atoms with van der Waals surface area (Å²) in [6.45, 7) is 6.09. The number of aliphatic carboxylic acids is 1. The Hall–Kier alpha value is -4.11. The van der Waals surface area contributed by atoms with Crippen molar-refractivity contribution in [3.63, 3.8) is 0 Å². The number of carboxylic acids is 1. The average molecular weight is 484 g/mol. The van der Waals surface area contributed by atoms with Crippen LogP contribution in [0.3, 0.4) is 0 Å². The number of carbonyl (C=O) groups is 1. The Morgan fingerprint density at radius 2 is 1.83 bits per heavy atom. The summed E-state index contributed by atoms with van der Waals surface area (Å²) >= 11 is 0. The van der Waals surface area contributed by atoms with Crippen LogP contribution in [-0.2, 0) is 17.8 Å². The zero-order valence-electron chi connectivity index (χ0n) is 20.3. The van der Waals surface area contributed by atoms with Crippen LogP contribution in [0, 0.1) is 0 Å². The predicted octanol–water partition coefficient (Wildman–Crippen LogP) is 3.22. The van der Waals surface area contributed by atoms with Crippen LogP contribution in [0.4, 0.5) is 5.69 Å². The van der Waals surface area contributed by atoms with E-state index in [1.54, 1.807) is 12.4 Å². The van der Waals surface area contributed by atoms with Crippen LogP contribution in [0.25, 0.3) is 22.5 Å². The van der Waals surface area contributed by atoms with Crippen molar-refractivity contribution in [2.45, 2.75) is 19.9 Å². The van der Waals surface area contributed by atoms with Crippen molar-refractivity contribution >= 4 is 11.7 Å². The fraction of sp³-hybridized carbons (Fsp3) is 0.296. The molecule has 0 radical (unpaired) electrons. The SMILES string of the molecule is CCn1cc(-c2ccnc(Cc3ccc(N4CCN(CC(=O)O)CC4)cc3)n2)c(-c2cccnc2)n1. The maximum absolute atomic E-state index is 10.9. The van der Waals surface area contributed by atoms with Gasteiger partial charge in [-0.25, -0.2) is 9.97 Å². The minimum atomic E-state index is -0.772. The summed E-state index contributed by atoms with van der Waals surface area (Å²) in [6, 6.07) is 14.3. The molecule has 1 aromatic carbocycles. The molecule has 1 aliphatic rings. The number of hydrogen-bond donors (Lipinski definition) is 1. The van der Waals surface area contributed by atoms with E-state index < -0.39 is 5.97 Å². The van der Waals surface area contributed by atoms with Crippen molar-refractivity contribution in [3.8, 4) is 22.5 Å². The number of carboxylic acid groups (broad SMARTS) is 1. The largest absolute Gasteiger partial charge is 0.480 e. The number of anilines is 1. The summed E-state index contributed by atoms with van der Waals surface area (Å²) < 4.78 is 1.92. The molecule has 0 bridgehead atoms. The molecule has 1 aliphatic heterocycles. The summed E-state index contributed by atoms with van der Waals surface area (Å²) in [5.41, 5.74) is 5.91. The Bertz CT molecular complexity index is 1310. The van der Waals surface area contributed by atoms with E-state index in [9.17, 15) is 4.79 Å². The molecular formula is C27H29N7O2. The first-order valence-electron chi connectivity index (χ1n) is 12.2. The van der Waals surface area contributed by atoms with Gasteiger partial charge in [0.1, 0.15) is 11.5 Å². The molecule has 0 atom stereocenters. The third kappa shape index (κ3) is 5.41. The van der Waals surface area contributed by atoms with Crippen LogP contribution in [0.15, 0.2) is 67.3 Å². The molecule has 0 spiro atoms. The molecule has 4 aromatic rings. The summed E-state index contributed by atoms with van der Waals surface area (Å²) in [6.07, 6.45) is 8.04. The summed E-state index contributed by atoms with van der Waals surface area (Å²) in [5, 5.41) is 13.7. The van der Waals surface area contributed by atoms with E-state index in [-0.39, 0.29) is 6.54 Å². The first-order chi connectivity index (χ1) is 17.6. The fourth-order valence-electron chi connectivity index (χ4n) is 4.48. The Labute approximate surface area is 210 Å². The highest BCUT2D eigenvalue weighted by molar-refractivity contribution is 5.78. The molecule has 9 nitrogen and oxygen atoms in total. The van der Waals surface area contributed by atoms with Gasteiger partial charge in [-0.05, 0) is 42.8 Å². The summed E-state index contributed by atoms with van der Waals surface area (Å²) in [7, 11) is 0. The quantitative estimate of drug-likeness (QED) is 0.408. The van der Waals surface area contributed by atoms with Crippen LogP contribution in [0.5, 0.6) is 0 Å². The van der Waals surface area contributed by atoms with Gasteiger partial charge in [0, 0.05) is 80.7 Å². The van der Waals surface area contributed by atoms with E-state index in [4.69, 9.17) is 15.2 Å². The summed E-state index contributed by atoms with van der Waals surface area (Å²) in [4.78, 5) is 28.8. The van der Waals surface area contributed by atoms with Gasteiger partial charge >= 0.3 is 5.97 Å². The van der Waals surface area contributed by atoms with Gasteiger partial charge in [-0.1, -0.05) is 12.1 Å². The fourth-order valence-corrected chi connectivity index (χ4v) is 4.48. The van der Waals surface area contributed by atoms with E-state index in [1.165, 1.54) is 0 Å². The Kier molecular flexibility index (Phi) is 6.99. The van der Waals surface area contributed by atoms with Gasteiger partial charge in [0.15, 0.2) is 0 Å². The number of aryl methyl sites for hydroxylation is 1. The molecule has 0 aliphatic carbocycles.